The summed E-state index contributed by atoms with van der Waals surface area (Å²) in [4.78, 5) is 1.35. The molecular formula is C13H17N3S2. The zero-order chi connectivity index (χ0) is 13.1. The van der Waals surface area contributed by atoms with Crippen LogP contribution in [-0.4, -0.2) is 11.2 Å². The van der Waals surface area contributed by atoms with Gasteiger partial charge in [-0.25, -0.2) is 0 Å². The van der Waals surface area contributed by atoms with Gasteiger partial charge < -0.3 is 10.6 Å². The van der Waals surface area contributed by atoms with E-state index in [0.29, 0.717) is 11.2 Å². The molecule has 0 amide bonds. The molecule has 0 radical (unpaired) electrons. The summed E-state index contributed by atoms with van der Waals surface area (Å²) < 4.78 is 0. The average Bonchev–Trinajstić information content (AvgIpc) is 2.64. The van der Waals surface area contributed by atoms with Crippen molar-refractivity contribution in [2.24, 2.45) is 0 Å². The predicted octanol–water partition coefficient (Wildman–Crippen LogP) is 3.19. The summed E-state index contributed by atoms with van der Waals surface area (Å²) in [5.41, 5.74) is 2.03. The first kappa shape index (κ1) is 13.3. The number of anilines is 1. The SMILES string of the molecule is CC(C)NC(=S)Nc1sc2c(c1C#N)CCCC2. The molecule has 5 heteroatoms. The molecule has 0 aliphatic heterocycles. The molecule has 96 valence electrons. The van der Waals surface area contributed by atoms with E-state index in [1.54, 1.807) is 11.3 Å². The molecule has 1 aromatic heterocycles. The summed E-state index contributed by atoms with van der Waals surface area (Å²) in [5.74, 6) is 0. The highest BCUT2D eigenvalue weighted by molar-refractivity contribution is 7.80. The Balaban J connectivity index is 2.21. The zero-order valence-corrected chi connectivity index (χ0v) is 12.3. The van der Waals surface area contributed by atoms with Gasteiger partial charge >= 0.3 is 0 Å². The Morgan fingerprint density at radius 3 is 2.78 bits per heavy atom. The third-order valence-electron chi connectivity index (χ3n) is 2.93. The molecule has 3 nitrogen and oxygen atoms in total. The lowest BCUT2D eigenvalue weighted by Gasteiger charge is -2.12. The summed E-state index contributed by atoms with van der Waals surface area (Å²) >= 11 is 6.92. The Morgan fingerprint density at radius 1 is 1.39 bits per heavy atom. The van der Waals surface area contributed by atoms with E-state index < -0.39 is 0 Å². The van der Waals surface area contributed by atoms with Crippen molar-refractivity contribution in [3.63, 3.8) is 0 Å². The minimum absolute atomic E-state index is 0.296. The van der Waals surface area contributed by atoms with E-state index in [9.17, 15) is 5.26 Å². The number of hydrogen-bond acceptors (Lipinski definition) is 3. The number of hydrogen-bond donors (Lipinski definition) is 2. The number of nitriles is 1. The van der Waals surface area contributed by atoms with Gasteiger partial charge in [0.05, 0.1) is 5.56 Å². The molecule has 0 fully saturated rings. The quantitative estimate of drug-likeness (QED) is 0.816. The monoisotopic (exact) mass is 279 g/mol. The summed E-state index contributed by atoms with van der Waals surface area (Å²) in [7, 11) is 0. The van der Waals surface area contributed by atoms with Gasteiger partial charge in [0, 0.05) is 10.9 Å². The van der Waals surface area contributed by atoms with Crippen molar-refractivity contribution in [2.75, 3.05) is 5.32 Å². The van der Waals surface area contributed by atoms with E-state index in [4.69, 9.17) is 12.2 Å². The van der Waals surface area contributed by atoms with Crippen LogP contribution >= 0.6 is 23.6 Å². The molecule has 0 saturated carbocycles. The van der Waals surface area contributed by atoms with Crippen molar-refractivity contribution in [3.8, 4) is 6.07 Å². The first-order valence-corrected chi connectivity index (χ1v) is 7.46. The molecule has 18 heavy (non-hydrogen) atoms. The number of thiophene rings is 1. The number of thiocarbonyl (C=S) groups is 1. The van der Waals surface area contributed by atoms with Crippen LogP contribution in [0, 0.1) is 11.3 Å². The van der Waals surface area contributed by atoms with Crippen LogP contribution in [0.25, 0.3) is 0 Å². The van der Waals surface area contributed by atoms with Crippen molar-refractivity contribution in [2.45, 2.75) is 45.6 Å². The predicted molar refractivity (Wildman–Crippen MR) is 80.2 cm³/mol. The Bertz CT molecular complexity index is 497. The normalized spacial score (nSPS) is 13.9. The summed E-state index contributed by atoms with van der Waals surface area (Å²) in [5, 5.41) is 17.1. The minimum Gasteiger partial charge on any atom is -0.360 e. The topological polar surface area (TPSA) is 47.8 Å². The van der Waals surface area contributed by atoms with Gasteiger partial charge in [0.2, 0.25) is 0 Å². The lowest BCUT2D eigenvalue weighted by Crippen LogP contribution is -2.33. The van der Waals surface area contributed by atoms with Gasteiger partial charge in [0.25, 0.3) is 0 Å². The highest BCUT2D eigenvalue weighted by Gasteiger charge is 2.21. The van der Waals surface area contributed by atoms with Gasteiger partial charge in [-0.15, -0.1) is 11.3 Å². The van der Waals surface area contributed by atoms with Gasteiger partial charge in [0.1, 0.15) is 11.1 Å². The largest absolute Gasteiger partial charge is 0.360 e. The van der Waals surface area contributed by atoms with Crippen molar-refractivity contribution < 1.29 is 0 Å². The van der Waals surface area contributed by atoms with Crippen LogP contribution in [0.2, 0.25) is 0 Å². The summed E-state index contributed by atoms with van der Waals surface area (Å²) in [6, 6.07) is 2.62. The standard InChI is InChI=1S/C13H17N3S2/c1-8(2)15-13(17)16-12-10(7-14)9-5-3-4-6-11(9)18-12/h8H,3-6H2,1-2H3,(H2,15,16,17). The van der Waals surface area contributed by atoms with E-state index in [0.717, 1.165) is 23.4 Å². The van der Waals surface area contributed by atoms with Crippen LogP contribution in [0.15, 0.2) is 0 Å². The zero-order valence-electron chi connectivity index (χ0n) is 10.7. The van der Waals surface area contributed by atoms with Crippen LogP contribution < -0.4 is 10.6 Å². The molecule has 1 aliphatic carbocycles. The van der Waals surface area contributed by atoms with E-state index in [2.05, 4.69) is 16.7 Å². The summed E-state index contributed by atoms with van der Waals surface area (Å²) in [6.45, 7) is 4.08. The maximum Gasteiger partial charge on any atom is 0.171 e. The van der Waals surface area contributed by atoms with Gasteiger partial charge in [-0.05, 0) is 57.3 Å². The molecular weight excluding hydrogens is 262 g/mol. The second-order valence-electron chi connectivity index (χ2n) is 4.78. The van der Waals surface area contributed by atoms with Crippen LogP contribution in [-0.2, 0) is 12.8 Å². The molecule has 1 aromatic rings. The average molecular weight is 279 g/mol. The highest BCUT2D eigenvalue weighted by atomic mass is 32.1. The fourth-order valence-electron chi connectivity index (χ4n) is 2.17. The van der Waals surface area contributed by atoms with E-state index in [1.165, 1.54) is 23.3 Å². The summed E-state index contributed by atoms with van der Waals surface area (Å²) in [6.07, 6.45) is 4.54. The lowest BCUT2D eigenvalue weighted by atomic mass is 9.96. The smallest absolute Gasteiger partial charge is 0.171 e. The second kappa shape index (κ2) is 5.68. The highest BCUT2D eigenvalue weighted by Crippen LogP contribution is 2.37. The number of nitrogens with zero attached hydrogens (tertiary/aromatic N) is 1. The maximum absolute atomic E-state index is 9.31. The molecule has 0 atom stereocenters. The molecule has 1 aliphatic rings. The Morgan fingerprint density at radius 2 is 2.11 bits per heavy atom. The van der Waals surface area contributed by atoms with Crippen molar-refractivity contribution in [3.05, 3.63) is 16.0 Å². The van der Waals surface area contributed by atoms with Crippen molar-refractivity contribution >= 4 is 33.7 Å². The number of aryl methyl sites for hydroxylation is 1. The molecule has 2 rings (SSSR count). The van der Waals surface area contributed by atoms with E-state index in [-0.39, 0.29) is 0 Å². The molecule has 1 heterocycles. The molecule has 0 unspecified atom stereocenters. The maximum atomic E-state index is 9.31. The minimum atomic E-state index is 0.296. The van der Waals surface area contributed by atoms with Gasteiger partial charge in [-0.1, -0.05) is 0 Å². The molecule has 0 aromatic carbocycles. The van der Waals surface area contributed by atoms with Gasteiger partial charge in [0.15, 0.2) is 5.11 Å². The second-order valence-corrected chi connectivity index (χ2v) is 6.29. The Hall–Kier alpha value is -1.12. The Labute approximate surface area is 117 Å². The van der Waals surface area contributed by atoms with Crippen LogP contribution in [0.3, 0.4) is 0 Å². The number of fused-ring (bicyclic) bond motifs is 1. The first-order valence-electron chi connectivity index (χ1n) is 6.24. The van der Waals surface area contributed by atoms with E-state index in [1.807, 2.05) is 13.8 Å². The Kier molecular flexibility index (Phi) is 4.20. The molecule has 0 spiro atoms. The third kappa shape index (κ3) is 2.82. The molecule has 0 bridgehead atoms. The molecule has 0 saturated heterocycles. The number of rotatable bonds is 2. The first-order chi connectivity index (χ1) is 8.61. The van der Waals surface area contributed by atoms with Crippen molar-refractivity contribution in [1.29, 1.82) is 5.26 Å². The van der Waals surface area contributed by atoms with Crippen molar-refractivity contribution in [1.82, 2.24) is 5.32 Å². The van der Waals surface area contributed by atoms with E-state index >= 15 is 0 Å². The van der Waals surface area contributed by atoms with Gasteiger partial charge in [-0.3, -0.25) is 0 Å². The fourth-order valence-corrected chi connectivity index (χ4v) is 3.82. The van der Waals surface area contributed by atoms with Crippen LogP contribution in [0.5, 0.6) is 0 Å². The third-order valence-corrected chi connectivity index (χ3v) is 4.36. The fraction of sp³-hybridized carbons (Fsp3) is 0.538. The van der Waals surface area contributed by atoms with Gasteiger partial charge in [-0.2, -0.15) is 5.26 Å². The lowest BCUT2D eigenvalue weighted by molar-refractivity contribution is 0.696. The number of nitrogens with one attached hydrogen (secondary N) is 2. The molecule has 2 N–H and O–H groups in total. The van der Waals surface area contributed by atoms with Crippen LogP contribution in [0.4, 0.5) is 5.00 Å². The van der Waals surface area contributed by atoms with Crippen LogP contribution in [0.1, 0.15) is 42.7 Å².